The number of hydrogen-bond donors (Lipinski definition) is 2. The van der Waals surface area contributed by atoms with Crippen LogP contribution >= 0.6 is 0 Å². The summed E-state index contributed by atoms with van der Waals surface area (Å²) in [7, 11) is 0. The molecule has 0 spiro atoms. The van der Waals surface area contributed by atoms with E-state index in [1.54, 1.807) is 0 Å². The Morgan fingerprint density at radius 1 is 0.545 bits per heavy atom. The Balaban J connectivity index is 1.40. The molecule has 0 aliphatic carbocycles. The van der Waals surface area contributed by atoms with Gasteiger partial charge in [0.2, 0.25) is 0 Å². The van der Waals surface area contributed by atoms with E-state index in [0.29, 0.717) is 0 Å². The van der Waals surface area contributed by atoms with Gasteiger partial charge in [0.15, 0.2) is 0 Å². The highest BCUT2D eigenvalue weighted by molar-refractivity contribution is 5.79. The van der Waals surface area contributed by atoms with E-state index >= 15 is 0 Å². The number of rotatable bonds is 2. The van der Waals surface area contributed by atoms with E-state index in [-0.39, 0.29) is 0 Å². The normalized spacial score (nSPS) is 14.1. The third kappa shape index (κ3) is 3.30. The first-order valence-corrected chi connectivity index (χ1v) is 11.4. The van der Waals surface area contributed by atoms with Gasteiger partial charge < -0.3 is 21.3 Å². The lowest BCUT2D eigenvalue weighted by Gasteiger charge is -2.46. The van der Waals surface area contributed by atoms with E-state index in [1.165, 1.54) is 55.9 Å². The fraction of sp³-hybridized carbons (Fsp3) is 0.172. The molecule has 0 radical (unpaired) electrons. The van der Waals surface area contributed by atoms with Gasteiger partial charge in [-0.25, -0.2) is 0 Å². The Morgan fingerprint density at radius 3 is 1.33 bits per heavy atom. The molecule has 2 aliphatic rings. The number of benzene rings is 4. The molecule has 33 heavy (non-hydrogen) atoms. The zero-order chi connectivity index (χ0) is 22.7. The highest BCUT2D eigenvalue weighted by Gasteiger charge is 2.32. The Kier molecular flexibility index (Phi) is 4.37. The standard InChI is InChI=1S/C29H28N4/c1-18-11-22(20-3-7-26(30)8-4-20)13-24-15-33-17-32(28(18)24)16-25-14-23(12-19(2)29(25)33)21-5-9-27(31)10-6-21/h3-14H,15-17,30-31H2,1-2H3. The van der Waals surface area contributed by atoms with Crippen molar-refractivity contribution in [2.75, 3.05) is 27.9 Å². The van der Waals surface area contributed by atoms with Gasteiger partial charge in [-0.05, 0) is 107 Å². The average Bonchev–Trinajstić information content (AvgIpc) is 2.79. The second-order valence-electron chi connectivity index (χ2n) is 9.38. The molecule has 0 saturated carbocycles. The van der Waals surface area contributed by atoms with Crippen molar-refractivity contribution in [2.45, 2.75) is 26.9 Å². The van der Waals surface area contributed by atoms with Gasteiger partial charge in [0.25, 0.3) is 0 Å². The molecule has 4 aromatic rings. The van der Waals surface area contributed by atoms with Crippen molar-refractivity contribution < 1.29 is 0 Å². The number of hydrogen-bond acceptors (Lipinski definition) is 4. The van der Waals surface area contributed by atoms with Gasteiger partial charge in [-0.2, -0.15) is 0 Å². The number of nitrogen functional groups attached to an aromatic ring is 2. The van der Waals surface area contributed by atoms with Crippen molar-refractivity contribution in [3.8, 4) is 22.3 Å². The van der Waals surface area contributed by atoms with E-state index in [1.807, 2.05) is 24.3 Å². The molecular weight excluding hydrogens is 404 g/mol. The second kappa shape index (κ2) is 7.31. The van der Waals surface area contributed by atoms with Crippen LogP contribution in [0.4, 0.5) is 22.7 Å². The lowest BCUT2D eigenvalue weighted by Crippen LogP contribution is -2.46. The molecule has 4 N–H and O–H groups in total. The molecule has 0 saturated heterocycles. The molecule has 164 valence electrons. The van der Waals surface area contributed by atoms with Crippen LogP contribution < -0.4 is 21.3 Å². The van der Waals surface area contributed by atoms with Gasteiger partial charge in [0.1, 0.15) is 0 Å². The molecule has 2 heterocycles. The number of fused-ring (bicyclic) bond motifs is 6. The SMILES string of the molecule is Cc1cc(-c2ccc(N)cc2)cc2c1N1Cc3cc(-c4ccc(N)cc4)cc(C)c3N(C2)C1. The summed E-state index contributed by atoms with van der Waals surface area (Å²) in [6.45, 7) is 7.25. The van der Waals surface area contributed by atoms with Crippen molar-refractivity contribution in [1.82, 2.24) is 0 Å². The van der Waals surface area contributed by atoms with Crippen molar-refractivity contribution in [3.05, 3.63) is 95.1 Å². The lowest BCUT2D eigenvalue weighted by molar-refractivity contribution is 0.647. The van der Waals surface area contributed by atoms with Crippen molar-refractivity contribution in [1.29, 1.82) is 0 Å². The molecule has 0 aromatic heterocycles. The molecule has 0 amide bonds. The molecule has 4 heteroatoms. The zero-order valence-electron chi connectivity index (χ0n) is 19.1. The average molecular weight is 433 g/mol. The summed E-state index contributed by atoms with van der Waals surface area (Å²) in [6, 6.07) is 25.7. The minimum atomic E-state index is 0.797. The topological polar surface area (TPSA) is 58.5 Å². The molecular formula is C29H28N4. The van der Waals surface area contributed by atoms with Crippen LogP contribution in [0.2, 0.25) is 0 Å². The van der Waals surface area contributed by atoms with Crippen LogP contribution in [0.5, 0.6) is 0 Å². The summed E-state index contributed by atoms with van der Waals surface area (Å²) >= 11 is 0. The first kappa shape index (κ1) is 19.7. The van der Waals surface area contributed by atoms with Gasteiger partial charge >= 0.3 is 0 Å². The third-order valence-corrected chi connectivity index (χ3v) is 6.94. The minimum Gasteiger partial charge on any atom is -0.399 e. The molecule has 2 aliphatic heterocycles. The van der Waals surface area contributed by atoms with Crippen LogP contribution in [-0.2, 0) is 13.1 Å². The van der Waals surface area contributed by atoms with E-state index in [9.17, 15) is 0 Å². The molecule has 4 aromatic carbocycles. The van der Waals surface area contributed by atoms with Gasteiger partial charge in [0, 0.05) is 35.8 Å². The van der Waals surface area contributed by atoms with Gasteiger partial charge in [-0.1, -0.05) is 24.3 Å². The van der Waals surface area contributed by atoms with Crippen LogP contribution in [0.1, 0.15) is 22.3 Å². The van der Waals surface area contributed by atoms with Gasteiger partial charge in [-0.15, -0.1) is 0 Å². The number of nitrogens with two attached hydrogens (primary N) is 2. The van der Waals surface area contributed by atoms with Crippen LogP contribution in [0.3, 0.4) is 0 Å². The predicted octanol–water partition coefficient (Wildman–Crippen LogP) is 6.10. The monoisotopic (exact) mass is 432 g/mol. The molecule has 0 unspecified atom stereocenters. The molecule has 0 atom stereocenters. The first-order chi connectivity index (χ1) is 16.0. The lowest BCUT2D eigenvalue weighted by atomic mass is 9.91. The Hall–Kier alpha value is -3.92. The minimum absolute atomic E-state index is 0.797. The number of nitrogens with zero attached hydrogens (tertiary/aromatic N) is 2. The number of aryl methyl sites for hydroxylation is 2. The second-order valence-corrected chi connectivity index (χ2v) is 9.38. The van der Waals surface area contributed by atoms with Crippen LogP contribution in [0, 0.1) is 13.8 Å². The van der Waals surface area contributed by atoms with E-state index in [4.69, 9.17) is 11.5 Å². The molecule has 0 fully saturated rings. The van der Waals surface area contributed by atoms with Crippen LogP contribution in [0.15, 0.2) is 72.8 Å². The predicted molar refractivity (Wildman–Crippen MR) is 139 cm³/mol. The van der Waals surface area contributed by atoms with Gasteiger partial charge in [0.05, 0.1) is 6.67 Å². The fourth-order valence-electron chi connectivity index (χ4n) is 5.55. The third-order valence-electron chi connectivity index (χ3n) is 6.94. The summed E-state index contributed by atoms with van der Waals surface area (Å²) < 4.78 is 0. The zero-order valence-corrected chi connectivity index (χ0v) is 19.1. The quantitative estimate of drug-likeness (QED) is 0.376. The maximum absolute atomic E-state index is 5.90. The molecule has 2 bridgehead atoms. The highest BCUT2D eigenvalue weighted by atomic mass is 15.4. The van der Waals surface area contributed by atoms with E-state index in [0.717, 1.165) is 31.1 Å². The van der Waals surface area contributed by atoms with E-state index < -0.39 is 0 Å². The molecule has 6 rings (SSSR count). The summed E-state index contributed by atoms with van der Waals surface area (Å²) in [5.74, 6) is 0. The van der Waals surface area contributed by atoms with Crippen molar-refractivity contribution >= 4 is 22.7 Å². The maximum Gasteiger partial charge on any atom is 0.0910 e. The molecule has 4 nitrogen and oxygen atoms in total. The maximum atomic E-state index is 5.90. The van der Waals surface area contributed by atoms with Crippen molar-refractivity contribution in [2.24, 2.45) is 0 Å². The summed E-state index contributed by atoms with van der Waals surface area (Å²) in [6.07, 6.45) is 0. The first-order valence-electron chi connectivity index (χ1n) is 11.4. The highest BCUT2D eigenvalue weighted by Crippen LogP contribution is 2.44. The summed E-state index contributed by atoms with van der Waals surface area (Å²) in [5, 5.41) is 0. The fourth-order valence-corrected chi connectivity index (χ4v) is 5.55. The van der Waals surface area contributed by atoms with Crippen molar-refractivity contribution in [3.63, 3.8) is 0 Å². The Morgan fingerprint density at radius 2 is 0.939 bits per heavy atom. The Labute approximate surface area is 195 Å². The summed E-state index contributed by atoms with van der Waals surface area (Å²) in [4.78, 5) is 5.05. The van der Waals surface area contributed by atoms with Gasteiger partial charge in [-0.3, -0.25) is 0 Å². The van der Waals surface area contributed by atoms with E-state index in [2.05, 4.69) is 72.2 Å². The largest absolute Gasteiger partial charge is 0.399 e. The van der Waals surface area contributed by atoms with Crippen LogP contribution in [0.25, 0.3) is 22.3 Å². The Bertz CT molecular complexity index is 1260. The number of anilines is 4. The smallest absolute Gasteiger partial charge is 0.0910 e. The van der Waals surface area contributed by atoms with Crippen LogP contribution in [-0.4, -0.2) is 6.67 Å². The summed E-state index contributed by atoms with van der Waals surface area (Å²) in [5.41, 5.74) is 26.5.